The number of carbonyl (C=O) groups is 1. The molecule has 1 amide bonds. The molecule has 0 fully saturated rings. The Hall–Kier alpha value is -2.20. The normalized spacial score (nSPS) is 18.9. The molecule has 0 radical (unpaired) electrons. The van der Waals surface area contributed by atoms with Crippen LogP contribution in [-0.4, -0.2) is 24.9 Å². The van der Waals surface area contributed by atoms with Gasteiger partial charge in [0.2, 0.25) is 0 Å². The standard InChI is InChI=1S/C19H21NO3.ClH/c1-23-16-9-10-17-14(11-16)7-8-15(12-20-19(21)22)18(17)13-5-3-2-4-6-13;/h2-6,9-11,15,18,20H,7-8,12H2,1H3,(H,21,22);1H. The lowest BCUT2D eigenvalue weighted by Crippen LogP contribution is -2.33. The van der Waals surface area contributed by atoms with E-state index in [0.29, 0.717) is 6.54 Å². The Labute approximate surface area is 148 Å². The minimum absolute atomic E-state index is 0. The summed E-state index contributed by atoms with van der Waals surface area (Å²) in [6, 6.07) is 16.5. The van der Waals surface area contributed by atoms with E-state index in [1.807, 2.05) is 24.3 Å². The zero-order valence-corrected chi connectivity index (χ0v) is 14.4. The SMILES string of the molecule is COc1ccc2c(c1)CCC(CNC(=O)O)C2c1ccccc1.Cl. The van der Waals surface area contributed by atoms with E-state index in [0.717, 1.165) is 18.6 Å². The van der Waals surface area contributed by atoms with Crippen LogP contribution in [0.15, 0.2) is 48.5 Å². The molecule has 0 aliphatic heterocycles. The molecule has 4 nitrogen and oxygen atoms in total. The van der Waals surface area contributed by atoms with Gasteiger partial charge in [-0.25, -0.2) is 4.79 Å². The van der Waals surface area contributed by atoms with Crippen molar-refractivity contribution in [1.82, 2.24) is 5.32 Å². The number of rotatable bonds is 4. The summed E-state index contributed by atoms with van der Waals surface area (Å²) >= 11 is 0. The van der Waals surface area contributed by atoms with Crippen molar-refractivity contribution < 1.29 is 14.6 Å². The zero-order chi connectivity index (χ0) is 16.2. The molecule has 0 saturated heterocycles. The highest BCUT2D eigenvalue weighted by atomic mass is 35.5. The van der Waals surface area contributed by atoms with Crippen LogP contribution in [0.2, 0.25) is 0 Å². The van der Waals surface area contributed by atoms with E-state index < -0.39 is 6.09 Å². The first kappa shape index (κ1) is 18.1. The molecule has 2 aromatic rings. The summed E-state index contributed by atoms with van der Waals surface area (Å²) in [6.45, 7) is 0.473. The molecule has 128 valence electrons. The first-order valence-electron chi connectivity index (χ1n) is 7.87. The van der Waals surface area contributed by atoms with Gasteiger partial charge in [-0.05, 0) is 47.6 Å². The van der Waals surface area contributed by atoms with Crippen molar-refractivity contribution in [1.29, 1.82) is 0 Å². The predicted octanol–water partition coefficient (Wildman–Crippen LogP) is 4.08. The van der Waals surface area contributed by atoms with Gasteiger partial charge in [-0.15, -0.1) is 12.4 Å². The van der Waals surface area contributed by atoms with Crippen LogP contribution < -0.4 is 10.1 Å². The van der Waals surface area contributed by atoms with Crippen LogP contribution in [0.1, 0.15) is 29.0 Å². The molecule has 0 bridgehead atoms. The summed E-state index contributed by atoms with van der Waals surface area (Å²) in [4.78, 5) is 10.9. The third-order valence-electron chi connectivity index (χ3n) is 4.62. The number of benzene rings is 2. The van der Waals surface area contributed by atoms with Crippen molar-refractivity contribution in [3.63, 3.8) is 0 Å². The number of nitrogens with one attached hydrogen (secondary N) is 1. The number of carboxylic acid groups (broad SMARTS) is 1. The van der Waals surface area contributed by atoms with E-state index in [4.69, 9.17) is 9.84 Å². The van der Waals surface area contributed by atoms with Gasteiger partial charge >= 0.3 is 6.09 Å². The van der Waals surface area contributed by atoms with Crippen LogP contribution in [0.25, 0.3) is 0 Å². The van der Waals surface area contributed by atoms with Gasteiger partial charge < -0.3 is 15.2 Å². The van der Waals surface area contributed by atoms with Crippen LogP contribution in [0.3, 0.4) is 0 Å². The molecule has 1 aliphatic carbocycles. The second-order valence-electron chi connectivity index (χ2n) is 5.94. The molecule has 0 heterocycles. The number of amides is 1. The highest BCUT2D eigenvalue weighted by Gasteiger charge is 2.31. The van der Waals surface area contributed by atoms with Gasteiger partial charge in [-0.1, -0.05) is 36.4 Å². The van der Waals surface area contributed by atoms with Crippen molar-refractivity contribution in [2.75, 3.05) is 13.7 Å². The maximum absolute atomic E-state index is 10.9. The van der Waals surface area contributed by atoms with Crippen LogP contribution >= 0.6 is 12.4 Å². The quantitative estimate of drug-likeness (QED) is 0.876. The third kappa shape index (κ3) is 3.82. The Morgan fingerprint density at radius 2 is 2.00 bits per heavy atom. The van der Waals surface area contributed by atoms with Gasteiger partial charge in [0.05, 0.1) is 7.11 Å². The summed E-state index contributed by atoms with van der Waals surface area (Å²) in [5, 5.41) is 11.5. The van der Waals surface area contributed by atoms with E-state index in [1.54, 1.807) is 7.11 Å². The second kappa shape index (κ2) is 8.06. The van der Waals surface area contributed by atoms with Crippen LogP contribution in [0.4, 0.5) is 4.79 Å². The zero-order valence-electron chi connectivity index (χ0n) is 13.6. The smallest absolute Gasteiger partial charge is 0.404 e. The van der Waals surface area contributed by atoms with Gasteiger partial charge in [0, 0.05) is 12.5 Å². The summed E-state index contributed by atoms with van der Waals surface area (Å²) < 4.78 is 5.34. The van der Waals surface area contributed by atoms with Crippen molar-refractivity contribution in [3.8, 4) is 5.75 Å². The Kier molecular flexibility index (Phi) is 6.10. The van der Waals surface area contributed by atoms with Gasteiger partial charge in [-0.3, -0.25) is 0 Å². The Balaban J connectivity index is 0.00000208. The molecule has 1 aliphatic rings. The number of fused-ring (bicyclic) bond motifs is 1. The van der Waals surface area contributed by atoms with E-state index >= 15 is 0 Å². The van der Waals surface area contributed by atoms with Gasteiger partial charge in [0.25, 0.3) is 0 Å². The highest BCUT2D eigenvalue weighted by Crippen LogP contribution is 2.41. The minimum atomic E-state index is -0.961. The third-order valence-corrected chi connectivity index (χ3v) is 4.62. The van der Waals surface area contributed by atoms with Crippen molar-refractivity contribution in [2.24, 2.45) is 5.92 Å². The molecule has 2 unspecified atom stereocenters. The average molecular weight is 348 g/mol. The fourth-order valence-electron chi connectivity index (χ4n) is 3.54. The Bertz CT molecular complexity index is 690. The summed E-state index contributed by atoms with van der Waals surface area (Å²) in [5.74, 6) is 1.34. The number of ether oxygens (including phenoxy) is 1. The van der Waals surface area contributed by atoms with E-state index in [2.05, 4.69) is 29.6 Å². The number of methoxy groups -OCH3 is 1. The fraction of sp³-hybridized carbons (Fsp3) is 0.316. The molecule has 2 aromatic carbocycles. The van der Waals surface area contributed by atoms with Crippen LogP contribution in [-0.2, 0) is 6.42 Å². The largest absolute Gasteiger partial charge is 0.497 e. The van der Waals surface area contributed by atoms with Crippen LogP contribution in [0, 0.1) is 5.92 Å². The summed E-state index contributed by atoms with van der Waals surface area (Å²) in [5.41, 5.74) is 3.81. The van der Waals surface area contributed by atoms with E-state index in [-0.39, 0.29) is 24.2 Å². The molecule has 0 saturated carbocycles. The average Bonchev–Trinajstić information content (AvgIpc) is 2.59. The molecule has 2 atom stereocenters. The van der Waals surface area contributed by atoms with Crippen molar-refractivity contribution in [2.45, 2.75) is 18.8 Å². The molecule has 24 heavy (non-hydrogen) atoms. The minimum Gasteiger partial charge on any atom is -0.497 e. The number of hydrogen-bond donors (Lipinski definition) is 2. The topological polar surface area (TPSA) is 58.6 Å². The molecule has 3 rings (SSSR count). The maximum atomic E-state index is 10.9. The molecule has 0 spiro atoms. The number of halogens is 1. The Morgan fingerprint density at radius 3 is 2.67 bits per heavy atom. The predicted molar refractivity (Wildman–Crippen MR) is 96.4 cm³/mol. The molecule has 2 N–H and O–H groups in total. The lowest BCUT2D eigenvalue weighted by molar-refractivity contribution is 0.191. The van der Waals surface area contributed by atoms with Crippen molar-refractivity contribution >= 4 is 18.5 Å². The maximum Gasteiger partial charge on any atom is 0.404 e. The number of hydrogen-bond acceptors (Lipinski definition) is 2. The first-order chi connectivity index (χ1) is 11.2. The molecular formula is C19H22ClNO3. The van der Waals surface area contributed by atoms with Crippen molar-refractivity contribution in [3.05, 3.63) is 65.2 Å². The molecule has 5 heteroatoms. The van der Waals surface area contributed by atoms with Crippen LogP contribution in [0.5, 0.6) is 5.75 Å². The summed E-state index contributed by atoms with van der Waals surface area (Å²) in [6.07, 6.45) is 0.944. The lowest BCUT2D eigenvalue weighted by Gasteiger charge is -2.34. The summed E-state index contributed by atoms with van der Waals surface area (Å²) in [7, 11) is 1.68. The molecular weight excluding hydrogens is 326 g/mol. The monoisotopic (exact) mass is 347 g/mol. The first-order valence-corrected chi connectivity index (χ1v) is 7.87. The number of aryl methyl sites for hydroxylation is 1. The highest BCUT2D eigenvalue weighted by molar-refractivity contribution is 5.85. The van der Waals surface area contributed by atoms with E-state index in [1.165, 1.54) is 16.7 Å². The van der Waals surface area contributed by atoms with Gasteiger partial charge in [-0.2, -0.15) is 0 Å². The van der Waals surface area contributed by atoms with Gasteiger partial charge in [0.15, 0.2) is 0 Å². The fourth-order valence-corrected chi connectivity index (χ4v) is 3.54. The Morgan fingerprint density at radius 1 is 1.25 bits per heavy atom. The van der Waals surface area contributed by atoms with E-state index in [9.17, 15) is 4.79 Å². The lowest BCUT2D eigenvalue weighted by atomic mass is 9.72. The van der Waals surface area contributed by atoms with Gasteiger partial charge in [0.1, 0.15) is 5.75 Å². The molecule has 0 aromatic heterocycles. The second-order valence-corrected chi connectivity index (χ2v) is 5.94.